The minimum Gasteiger partial charge on any atom is -0.501 e. The highest BCUT2D eigenvalue weighted by Crippen LogP contribution is 2.20. The number of nitrogens with zero attached hydrogens (tertiary/aromatic N) is 1. The number of carbonyl (C=O) groups is 1. The lowest BCUT2D eigenvalue weighted by atomic mass is 10.0. The summed E-state index contributed by atoms with van der Waals surface area (Å²) >= 11 is 0. The summed E-state index contributed by atoms with van der Waals surface area (Å²) in [4.78, 5) is 14.7. The summed E-state index contributed by atoms with van der Waals surface area (Å²) in [5, 5.41) is 3.19. The third-order valence-corrected chi connectivity index (χ3v) is 4.48. The number of amides is 1. The second kappa shape index (κ2) is 6.97. The largest absolute Gasteiger partial charge is 0.501 e. The molecule has 0 aromatic heterocycles. The van der Waals surface area contributed by atoms with Gasteiger partial charge in [-0.3, -0.25) is 9.69 Å². The van der Waals surface area contributed by atoms with Gasteiger partial charge in [0.1, 0.15) is 0 Å². The molecule has 1 fully saturated rings. The molecule has 0 bridgehead atoms. The van der Waals surface area contributed by atoms with Crippen molar-refractivity contribution >= 4 is 5.91 Å². The molecule has 1 saturated heterocycles. The molecule has 1 aromatic rings. The summed E-state index contributed by atoms with van der Waals surface area (Å²) in [7, 11) is 0. The first-order chi connectivity index (χ1) is 10.7. The van der Waals surface area contributed by atoms with Crippen LogP contribution in [0.2, 0.25) is 0 Å². The van der Waals surface area contributed by atoms with E-state index in [2.05, 4.69) is 41.4 Å². The molecule has 2 aliphatic heterocycles. The molecule has 0 unspecified atom stereocenters. The molecular formula is C18H24N2O2. The van der Waals surface area contributed by atoms with Gasteiger partial charge in [0.25, 0.3) is 5.91 Å². The van der Waals surface area contributed by atoms with Crippen LogP contribution in [0.25, 0.3) is 0 Å². The molecule has 2 aliphatic rings. The number of nitrogens with one attached hydrogen (secondary N) is 1. The van der Waals surface area contributed by atoms with E-state index in [0.29, 0.717) is 5.92 Å². The summed E-state index contributed by atoms with van der Waals surface area (Å²) in [6, 6.07) is 10.7. The Bertz CT molecular complexity index is 541. The van der Waals surface area contributed by atoms with E-state index >= 15 is 0 Å². The van der Waals surface area contributed by atoms with Gasteiger partial charge in [0.05, 0.1) is 18.4 Å². The lowest BCUT2D eigenvalue weighted by Crippen LogP contribution is -2.40. The summed E-state index contributed by atoms with van der Waals surface area (Å²) in [5.41, 5.74) is 2.10. The zero-order valence-corrected chi connectivity index (χ0v) is 13.1. The van der Waals surface area contributed by atoms with Gasteiger partial charge in [0, 0.05) is 25.7 Å². The monoisotopic (exact) mass is 300 g/mol. The normalized spacial score (nSPS) is 25.4. The Morgan fingerprint density at radius 2 is 2.14 bits per heavy atom. The minimum atomic E-state index is 0.0399. The highest BCUT2D eigenvalue weighted by atomic mass is 16.5. The Hall–Kier alpha value is -1.81. The van der Waals surface area contributed by atoms with E-state index in [1.807, 2.05) is 6.07 Å². The topological polar surface area (TPSA) is 41.6 Å². The quantitative estimate of drug-likeness (QED) is 0.928. The lowest BCUT2D eigenvalue weighted by molar-refractivity contribution is -0.118. The third kappa shape index (κ3) is 3.69. The fourth-order valence-electron chi connectivity index (χ4n) is 3.22. The van der Waals surface area contributed by atoms with Gasteiger partial charge in [-0.2, -0.15) is 0 Å². The van der Waals surface area contributed by atoms with Crippen LogP contribution in [-0.2, 0) is 16.1 Å². The van der Waals surface area contributed by atoms with Gasteiger partial charge in [-0.25, -0.2) is 0 Å². The van der Waals surface area contributed by atoms with Crippen LogP contribution in [0, 0.1) is 5.92 Å². The Morgan fingerprint density at radius 1 is 1.32 bits per heavy atom. The SMILES string of the molecule is C[C@H]1CN(Cc2ccccc2)C[C@@H]1NC(=O)C1=COCCC1. The number of hydrogen-bond acceptors (Lipinski definition) is 3. The van der Waals surface area contributed by atoms with Crippen molar-refractivity contribution in [1.29, 1.82) is 0 Å². The van der Waals surface area contributed by atoms with E-state index in [0.717, 1.165) is 44.7 Å². The van der Waals surface area contributed by atoms with Crippen molar-refractivity contribution in [3.8, 4) is 0 Å². The summed E-state index contributed by atoms with van der Waals surface area (Å²) < 4.78 is 5.26. The van der Waals surface area contributed by atoms with Crippen LogP contribution in [0.5, 0.6) is 0 Å². The average molecular weight is 300 g/mol. The maximum Gasteiger partial charge on any atom is 0.250 e. The van der Waals surface area contributed by atoms with Crippen molar-refractivity contribution in [2.75, 3.05) is 19.7 Å². The molecule has 4 nitrogen and oxygen atoms in total. The van der Waals surface area contributed by atoms with Crippen LogP contribution in [0.1, 0.15) is 25.3 Å². The molecule has 22 heavy (non-hydrogen) atoms. The van der Waals surface area contributed by atoms with Crippen molar-refractivity contribution in [2.24, 2.45) is 5.92 Å². The zero-order valence-electron chi connectivity index (χ0n) is 13.1. The molecule has 118 valence electrons. The van der Waals surface area contributed by atoms with Crippen LogP contribution < -0.4 is 5.32 Å². The summed E-state index contributed by atoms with van der Waals surface area (Å²) in [6.45, 7) is 5.82. The van der Waals surface area contributed by atoms with Crippen LogP contribution in [0.3, 0.4) is 0 Å². The van der Waals surface area contributed by atoms with E-state index in [4.69, 9.17) is 4.74 Å². The maximum absolute atomic E-state index is 12.3. The first-order valence-electron chi connectivity index (χ1n) is 8.10. The second-order valence-electron chi connectivity index (χ2n) is 6.35. The van der Waals surface area contributed by atoms with Gasteiger partial charge in [-0.15, -0.1) is 0 Å². The van der Waals surface area contributed by atoms with Crippen LogP contribution in [-0.4, -0.2) is 36.5 Å². The number of ether oxygens (including phenoxy) is 1. The Morgan fingerprint density at radius 3 is 2.86 bits per heavy atom. The van der Waals surface area contributed by atoms with Crippen molar-refractivity contribution in [3.63, 3.8) is 0 Å². The number of hydrogen-bond donors (Lipinski definition) is 1. The molecule has 0 radical (unpaired) electrons. The van der Waals surface area contributed by atoms with Gasteiger partial charge in [0.15, 0.2) is 0 Å². The van der Waals surface area contributed by atoms with E-state index < -0.39 is 0 Å². The average Bonchev–Trinajstić information content (AvgIpc) is 2.88. The molecule has 0 spiro atoms. The Balaban J connectivity index is 1.54. The summed E-state index contributed by atoms with van der Waals surface area (Å²) in [6.07, 6.45) is 3.38. The highest BCUT2D eigenvalue weighted by molar-refractivity contribution is 5.93. The highest BCUT2D eigenvalue weighted by Gasteiger charge is 2.31. The zero-order chi connectivity index (χ0) is 15.4. The Labute approximate surface area is 132 Å². The fourth-order valence-corrected chi connectivity index (χ4v) is 3.22. The van der Waals surface area contributed by atoms with Crippen molar-refractivity contribution in [1.82, 2.24) is 10.2 Å². The first kappa shape index (κ1) is 15.1. The van der Waals surface area contributed by atoms with Gasteiger partial charge >= 0.3 is 0 Å². The van der Waals surface area contributed by atoms with Crippen molar-refractivity contribution in [2.45, 2.75) is 32.4 Å². The Kier molecular flexibility index (Phi) is 4.78. The predicted molar refractivity (Wildman–Crippen MR) is 86.1 cm³/mol. The molecule has 1 aromatic carbocycles. The lowest BCUT2D eigenvalue weighted by Gasteiger charge is -2.19. The number of benzene rings is 1. The van der Waals surface area contributed by atoms with Crippen LogP contribution >= 0.6 is 0 Å². The minimum absolute atomic E-state index is 0.0399. The molecule has 1 N–H and O–H groups in total. The molecule has 3 rings (SSSR count). The van der Waals surface area contributed by atoms with Crippen LogP contribution in [0.15, 0.2) is 42.2 Å². The van der Waals surface area contributed by atoms with Gasteiger partial charge in [-0.05, 0) is 24.3 Å². The van der Waals surface area contributed by atoms with Crippen LogP contribution in [0.4, 0.5) is 0 Å². The van der Waals surface area contributed by atoms with E-state index in [1.165, 1.54) is 5.56 Å². The van der Waals surface area contributed by atoms with Gasteiger partial charge < -0.3 is 10.1 Å². The molecule has 0 saturated carbocycles. The molecule has 4 heteroatoms. The predicted octanol–water partition coefficient (Wildman–Crippen LogP) is 2.32. The van der Waals surface area contributed by atoms with E-state index in [1.54, 1.807) is 6.26 Å². The van der Waals surface area contributed by atoms with Gasteiger partial charge in [-0.1, -0.05) is 37.3 Å². The number of carbonyl (C=O) groups excluding carboxylic acids is 1. The second-order valence-corrected chi connectivity index (χ2v) is 6.35. The maximum atomic E-state index is 12.3. The molecule has 2 atom stereocenters. The van der Waals surface area contributed by atoms with Crippen molar-refractivity contribution in [3.05, 3.63) is 47.7 Å². The van der Waals surface area contributed by atoms with E-state index in [9.17, 15) is 4.79 Å². The number of rotatable bonds is 4. The first-order valence-corrected chi connectivity index (χ1v) is 8.10. The molecular weight excluding hydrogens is 276 g/mol. The standard InChI is InChI=1S/C18H24N2O2/c1-14-10-20(11-15-6-3-2-4-7-15)12-17(14)19-18(21)16-8-5-9-22-13-16/h2-4,6-7,13-14,17H,5,8-12H2,1H3,(H,19,21)/t14-,17-/m0/s1. The van der Waals surface area contributed by atoms with E-state index in [-0.39, 0.29) is 11.9 Å². The molecule has 1 amide bonds. The fraction of sp³-hybridized carbons (Fsp3) is 0.500. The third-order valence-electron chi connectivity index (χ3n) is 4.48. The smallest absolute Gasteiger partial charge is 0.250 e. The molecule has 0 aliphatic carbocycles. The number of likely N-dealkylation sites (tertiary alicyclic amines) is 1. The summed E-state index contributed by atoms with van der Waals surface area (Å²) in [5.74, 6) is 0.510. The van der Waals surface area contributed by atoms with Gasteiger partial charge in [0.2, 0.25) is 0 Å². The van der Waals surface area contributed by atoms with Crippen molar-refractivity contribution < 1.29 is 9.53 Å². The molecule has 2 heterocycles.